The van der Waals surface area contributed by atoms with Crippen LogP contribution >= 0.6 is 11.3 Å². The van der Waals surface area contributed by atoms with Crippen molar-refractivity contribution in [1.29, 1.82) is 0 Å². The Hall–Kier alpha value is -2.49. The number of carbonyl (C=O) groups excluding carboxylic acids is 2. The van der Waals surface area contributed by atoms with Crippen LogP contribution < -0.4 is 11.2 Å². The highest BCUT2D eigenvalue weighted by molar-refractivity contribution is 7.07. The molecule has 0 bridgehead atoms. The molecule has 3 rings (SSSR count). The molecule has 0 spiro atoms. The predicted octanol–water partition coefficient (Wildman–Crippen LogP) is 4.62. The number of amides is 3. The standard InChI is InChI=1S/C28H43N5O3S/c1-18(2)15-25-24(20(4)26(27(29)34)21(5)30-25)8-7-19(3)32-12-9-23(10-13-32)33(28(35)31-36-6)16-22-11-14-37-17-22/h11,14,17-19,23H,7-10,12-13,15-16H2,1-6H3,(H2,29,34)(H,31,35)/t19-/m1/s1. The second-order valence-corrected chi connectivity index (χ2v) is 11.4. The van der Waals surface area contributed by atoms with E-state index in [4.69, 9.17) is 15.6 Å². The third-order valence-electron chi connectivity index (χ3n) is 7.45. The molecule has 0 aliphatic carbocycles. The molecule has 0 aromatic carbocycles. The first kappa shape index (κ1) is 29.1. The average molecular weight is 530 g/mol. The van der Waals surface area contributed by atoms with Crippen molar-refractivity contribution in [1.82, 2.24) is 20.3 Å². The fourth-order valence-electron chi connectivity index (χ4n) is 5.48. The van der Waals surface area contributed by atoms with Crippen molar-refractivity contribution in [2.45, 2.75) is 85.4 Å². The minimum absolute atomic E-state index is 0.165. The number of urea groups is 1. The lowest BCUT2D eigenvalue weighted by Crippen LogP contribution is -2.51. The van der Waals surface area contributed by atoms with Gasteiger partial charge in [0.25, 0.3) is 5.91 Å². The number of rotatable bonds is 11. The lowest BCUT2D eigenvalue weighted by atomic mass is 9.91. The molecule has 37 heavy (non-hydrogen) atoms. The second kappa shape index (κ2) is 13.3. The highest BCUT2D eigenvalue weighted by Gasteiger charge is 2.30. The van der Waals surface area contributed by atoms with Gasteiger partial charge in [-0.3, -0.25) is 14.6 Å². The number of nitrogens with one attached hydrogen (secondary N) is 1. The van der Waals surface area contributed by atoms with Crippen LogP contribution in [0.5, 0.6) is 0 Å². The van der Waals surface area contributed by atoms with Crippen LogP contribution in [-0.2, 0) is 24.2 Å². The minimum atomic E-state index is -0.403. The number of hydroxylamine groups is 1. The van der Waals surface area contributed by atoms with E-state index in [0.29, 0.717) is 24.1 Å². The number of aromatic nitrogens is 1. The van der Waals surface area contributed by atoms with Crippen molar-refractivity contribution in [3.8, 4) is 0 Å². The van der Waals surface area contributed by atoms with Gasteiger partial charge in [-0.1, -0.05) is 13.8 Å². The average Bonchev–Trinajstić information content (AvgIpc) is 3.35. The number of aryl methyl sites for hydroxylation is 1. The molecular formula is C28H43N5O3S. The van der Waals surface area contributed by atoms with Crippen LogP contribution in [0, 0.1) is 19.8 Å². The van der Waals surface area contributed by atoms with E-state index in [0.717, 1.165) is 67.7 Å². The van der Waals surface area contributed by atoms with Gasteiger partial charge in [0.1, 0.15) is 0 Å². The molecule has 1 fully saturated rings. The molecule has 8 nitrogen and oxygen atoms in total. The lowest BCUT2D eigenvalue weighted by Gasteiger charge is -2.40. The van der Waals surface area contributed by atoms with Gasteiger partial charge in [-0.25, -0.2) is 10.3 Å². The maximum absolute atomic E-state index is 12.7. The number of likely N-dealkylation sites (tertiary alicyclic amines) is 1. The molecule has 1 aliphatic heterocycles. The summed E-state index contributed by atoms with van der Waals surface area (Å²) in [5.41, 5.74) is 13.9. The molecule has 204 valence electrons. The van der Waals surface area contributed by atoms with E-state index in [1.807, 2.05) is 24.1 Å². The van der Waals surface area contributed by atoms with Crippen LogP contribution in [0.25, 0.3) is 0 Å². The van der Waals surface area contributed by atoms with Gasteiger partial charge in [0.15, 0.2) is 0 Å². The number of piperidine rings is 1. The van der Waals surface area contributed by atoms with Gasteiger partial charge < -0.3 is 15.5 Å². The molecule has 2 aromatic heterocycles. The van der Waals surface area contributed by atoms with Gasteiger partial charge in [-0.2, -0.15) is 11.3 Å². The first-order valence-corrected chi connectivity index (χ1v) is 14.2. The Morgan fingerprint density at radius 3 is 2.54 bits per heavy atom. The number of thiophene rings is 1. The molecule has 3 amide bonds. The third-order valence-corrected chi connectivity index (χ3v) is 8.18. The minimum Gasteiger partial charge on any atom is -0.366 e. The molecule has 1 saturated heterocycles. The van der Waals surface area contributed by atoms with Crippen molar-refractivity contribution in [3.63, 3.8) is 0 Å². The zero-order valence-corrected chi connectivity index (χ0v) is 24.0. The molecule has 3 N–H and O–H groups in total. The van der Waals surface area contributed by atoms with Gasteiger partial charge in [-0.15, -0.1) is 0 Å². The largest absolute Gasteiger partial charge is 0.366 e. The van der Waals surface area contributed by atoms with E-state index in [1.165, 1.54) is 12.7 Å². The number of nitrogens with two attached hydrogens (primary N) is 1. The monoisotopic (exact) mass is 529 g/mol. The van der Waals surface area contributed by atoms with Gasteiger partial charge in [-0.05, 0) is 92.3 Å². The lowest BCUT2D eigenvalue weighted by molar-refractivity contribution is 0.0565. The van der Waals surface area contributed by atoms with Crippen LogP contribution in [0.1, 0.15) is 78.5 Å². The fraction of sp³-hybridized carbons (Fsp3) is 0.607. The second-order valence-electron chi connectivity index (χ2n) is 10.6. The van der Waals surface area contributed by atoms with Crippen LogP contribution in [-0.4, -0.2) is 59.0 Å². The molecule has 0 saturated carbocycles. The number of primary amides is 1. The Morgan fingerprint density at radius 2 is 1.97 bits per heavy atom. The van der Waals surface area contributed by atoms with E-state index in [2.05, 4.69) is 42.6 Å². The van der Waals surface area contributed by atoms with Crippen molar-refractivity contribution in [2.75, 3.05) is 20.2 Å². The summed E-state index contributed by atoms with van der Waals surface area (Å²) in [6.07, 6.45) is 4.56. The van der Waals surface area contributed by atoms with E-state index in [1.54, 1.807) is 11.3 Å². The van der Waals surface area contributed by atoms with Crippen LogP contribution in [0.4, 0.5) is 4.79 Å². The van der Waals surface area contributed by atoms with Crippen LogP contribution in [0.2, 0.25) is 0 Å². The van der Waals surface area contributed by atoms with Crippen molar-refractivity contribution < 1.29 is 14.4 Å². The summed E-state index contributed by atoms with van der Waals surface area (Å²) in [6, 6.07) is 2.42. The molecule has 1 aliphatic rings. The molecule has 2 aromatic rings. The molecule has 1 atom stereocenters. The molecule has 0 radical (unpaired) electrons. The number of carbonyl (C=O) groups is 2. The van der Waals surface area contributed by atoms with Gasteiger partial charge >= 0.3 is 6.03 Å². The Bertz CT molecular complexity index is 1050. The number of hydrogen-bond donors (Lipinski definition) is 2. The molecular weight excluding hydrogens is 486 g/mol. The first-order valence-electron chi connectivity index (χ1n) is 13.3. The molecule has 3 heterocycles. The summed E-state index contributed by atoms with van der Waals surface area (Å²) in [4.78, 5) is 39.0. The Kier molecular flexibility index (Phi) is 10.5. The maximum atomic E-state index is 12.7. The maximum Gasteiger partial charge on any atom is 0.341 e. The van der Waals surface area contributed by atoms with Crippen LogP contribution in [0.15, 0.2) is 16.8 Å². The summed E-state index contributed by atoms with van der Waals surface area (Å²) in [5, 5.41) is 4.12. The third kappa shape index (κ3) is 7.52. The fourth-order valence-corrected chi connectivity index (χ4v) is 6.14. The summed E-state index contributed by atoms with van der Waals surface area (Å²) < 4.78 is 0. The highest BCUT2D eigenvalue weighted by Crippen LogP contribution is 2.26. The van der Waals surface area contributed by atoms with E-state index >= 15 is 0 Å². The quantitative estimate of drug-likeness (QED) is 0.414. The zero-order valence-electron chi connectivity index (χ0n) is 23.2. The SMILES string of the molecule is CONC(=O)N(Cc1ccsc1)C1CCN([C@H](C)CCc2c(CC(C)C)nc(C)c(C(N)=O)c2C)CC1. The normalized spacial score (nSPS) is 15.6. The Labute approximate surface area is 225 Å². The molecule has 9 heteroatoms. The summed E-state index contributed by atoms with van der Waals surface area (Å²) in [5.74, 6) is 0.0766. The van der Waals surface area contributed by atoms with Crippen molar-refractivity contribution >= 4 is 23.3 Å². The number of nitrogens with zero attached hydrogens (tertiary/aromatic N) is 3. The Morgan fingerprint density at radius 1 is 1.27 bits per heavy atom. The zero-order chi connectivity index (χ0) is 27.1. The number of pyridine rings is 1. The number of hydrogen-bond acceptors (Lipinski definition) is 6. The smallest absolute Gasteiger partial charge is 0.341 e. The van der Waals surface area contributed by atoms with Gasteiger partial charge in [0, 0.05) is 37.4 Å². The Balaban J connectivity index is 1.65. The van der Waals surface area contributed by atoms with Crippen LogP contribution in [0.3, 0.4) is 0 Å². The van der Waals surface area contributed by atoms with Gasteiger partial charge in [0.2, 0.25) is 0 Å². The van der Waals surface area contributed by atoms with E-state index < -0.39 is 5.91 Å². The topological polar surface area (TPSA) is 101 Å². The van der Waals surface area contributed by atoms with Gasteiger partial charge in [0.05, 0.1) is 18.4 Å². The summed E-state index contributed by atoms with van der Waals surface area (Å²) in [6.45, 7) is 13.0. The molecule has 0 unspecified atom stereocenters. The van der Waals surface area contributed by atoms with Crippen molar-refractivity contribution in [3.05, 3.63) is 50.5 Å². The highest BCUT2D eigenvalue weighted by atomic mass is 32.1. The van der Waals surface area contributed by atoms with Crippen molar-refractivity contribution in [2.24, 2.45) is 11.7 Å². The van der Waals surface area contributed by atoms with E-state index in [9.17, 15) is 9.59 Å². The van der Waals surface area contributed by atoms with E-state index in [-0.39, 0.29) is 12.1 Å². The summed E-state index contributed by atoms with van der Waals surface area (Å²) >= 11 is 1.64. The summed E-state index contributed by atoms with van der Waals surface area (Å²) in [7, 11) is 1.47. The first-order chi connectivity index (χ1) is 17.6. The predicted molar refractivity (Wildman–Crippen MR) is 149 cm³/mol.